The van der Waals surface area contributed by atoms with Gasteiger partial charge in [-0.25, -0.2) is 9.59 Å². The van der Waals surface area contributed by atoms with Crippen molar-refractivity contribution in [3.63, 3.8) is 0 Å². The number of benzene rings is 1. The lowest BCUT2D eigenvalue weighted by atomic mass is 10.1. The molecule has 4 nitrogen and oxygen atoms in total. The van der Waals surface area contributed by atoms with Gasteiger partial charge in [0.25, 0.3) is 0 Å². The van der Waals surface area contributed by atoms with Crippen LogP contribution in [0, 0.1) is 11.8 Å². The van der Waals surface area contributed by atoms with Gasteiger partial charge in [-0.05, 0) is 24.3 Å². The Morgan fingerprint density at radius 3 is 2.84 bits per heavy atom. The van der Waals surface area contributed by atoms with Crippen molar-refractivity contribution < 1.29 is 14.3 Å². The van der Waals surface area contributed by atoms with E-state index in [-0.39, 0.29) is 5.56 Å². The normalized spacial score (nSPS) is 9.95. The summed E-state index contributed by atoms with van der Waals surface area (Å²) in [6, 6.07) is 6.35. The van der Waals surface area contributed by atoms with Crippen LogP contribution < -0.4 is 5.63 Å². The van der Waals surface area contributed by atoms with E-state index >= 15 is 0 Å². The summed E-state index contributed by atoms with van der Waals surface area (Å²) in [5.41, 5.74) is -0.129. The molecular formula is C14H9BrO4. The number of rotatable bonds is 2. The van der Waals surface area contributed by atoms with Crippen molar-refractivity contribution in [3.05, 3.63) is 45.8 Å². The zero-order valence-electron chi connectivity index (χ0n) is 9.77. The molecule has 0 atom stereocenters. The van der Waals surface area contributed by atoms with Gasteiger partial charge in [0.15, 0.2) is 0 Å². The first-order valence-corrected chi connectivity index (χ1v) is 6.60. The van der Waals surface area contributed by atoms with Crippen molar-refractivity contribution in [2.24, 2.45) is 0 Å². The lowest BCUT2D eigenvalue weighted by Gasteiger charge is -1.99. The highest BCUT2D eigenvalue weighted by molar-refractivity contribution is 9.09. The van der Waals surface area contributed by atoms with Crippen molar-refractivity contribution in [3.8, 4) is 11.8 Å². The van der Waals surface area contributed by atoms with Crippen LogP contribution in [0.4, 0.5) is 0 Å². The number of hydrogen-bond donors (Lipinski definition) is 1. The smallest absolute Gasteiger partial charge is 0.351 e. The van der Waals surface area contributed by atoms with Crippen LogP contribution in [-0.2, 0) is 0 Å². The fourth-order valence-electron chi connectivity index (χ4n) is 1.56. The zero-order valence-corrected chi connectivity index (χ0v) is 11.4. The monoisotopic (exact) mass is 320 g/mol. The second kappa shape index (κ2) is 5.72. The lowest BCUT2D eigenvalue weighted by molar-refractivity contribution is 0.0692. The van der Waals surface area contributed by atoms with E-state index in [1.165, 1.54) is 6.07 Å². The Bertz CT molecular complexity index is 749. The second-order valence-electron chi connectivity index (χ2n) is 3.75. The molecule has 0 aliphatic rings. The Balaban J connectivity index is 2.53. The maximum atomic E-state index is 11.4. The highest BCUT2D eigenvalue weighted by Crippen LogP contribution is 2.15. The Morgan fingerprint density at radius 1 is 1.37 bits per heavy atom. The number of fused-ring (bicyclic) bond motifs is 1. The molecule has 0 aliphatic heterocycles. The molecule has 1 aromatic carbocycles. The third kappa shape index (κ3) is 3.04. The van der Waals surface area contributed by atoms with E-state index in [0.717, 1.165) is 17.3 Å². The van der Waals surface area contributed by atoms with Crippen molar-refractivity contribution >= 4 is 32.9 Å². The van der Waals surface area contributed by atoms with Crippen LogP contribution in [0.1, 0.15) is 22.3 Å². The Kier molecular flexibility index (Phi) is 4.03. The molecule has 0 bridgehead atoms. The van der Waals surface area contributed by atoms with Gasteiger partial charge in [-0.15, -0.1) is 0 Å². The molecule has 0 spiro atoms. The van der Waals surface area contributed by atoms with E-state index in [2.05, 4.69) is 27.8 Å². The molecule has 0 amide bonds. The number of alkyl halides is 1. The molecule has 1 aromatic heterocycles. The van der Waals surface area contributed by atoms with Crippen LogP contribution in [0.15, 0.2) is 33.5 Å². The highest BCUT2D eigenvalue weighted by atomic mass is 79.9. The number of carbonyl (C=O) groups is 1. The fourth-order valence-corrected chi connectivity index (χ4v) is 1.76. The molecule has 1 N–H and O–H groups in total. The summed E-state index contributed by atoms with van der Waals surface area (Å²) < 4.78 is 4.94. The predicted octanol–water partition coefficient (Wildman–Crippen LogP) is 2.63. The molecule has 0 radical (unpaired) electrons. The number of carboxylic acids is 1. The maximum absolute atomic E-state index is 11.4. The van der Waals surface area contributed by atoms with Gasteiger partial charge in [-0.3, -0.25) is 0 Å². The molecule has 0 saturated carbocycles. The Labute approximate surface area is 117 Å². The van der Waals surface area contributed by atoms with E-state index in [9.17, 15) is 9.59 Å². The topological polar surface area (TPSA) is 67.5 Å². The second-order valence-corrected chi connectivity index (χ2v) is 4.54. The van der Waals surface area contributed by atoms with E-state index in [1.54, 1.807) is 18.2 Å². The molecule has 5 heteroatoms. The third-order valence-corrected chi connectivity index (χ3v) is 2.81. The quantitative estimate of drug-likeness (QED) is 0.524. The van der Waals surface area contributed by atoms with Gasteiger partial charge in [0.05, 0.1) is 0 Å². The molecule has 2 rings (SSSR count). The summed E-state index contributed by atoms with van der Waals surface area (Å²) in [6.07, 6.45) is 0.724. The molecule has 1 heterocycles. The van der Waals surface area contributed by atoms with Crippen LogP contribution in [0.25, 0.3) is 11.0 Å². The summed E-state index contributed by atoms with van der Waals surface area (Å²) >= 11 is 3.28. The summed E-state index contributed by atoms with van der Waals surface area (Å²) in [5, 5.41) is 10.2. The molecular weight excluding hydrogens is 312 g/mol. The van der Waals surface area contributed by atoms with Gasteiger partial charge in [0, 0.05) is 22.7 Å². The van der Waals surface area contributed by atoms with Crippen LogP contribution in [0.5, 0.6) is 0 Å². The minimum absolute atomic E-state index is 0.348. The van der Waals surface area contributed by atoms with Crippen LogP contribution in [0.3, 0.4) is 0 Å². The number of carboxylic acid groups (broad SMARTS) is 1. The van der Waals surface area contributed by atoms with Crippen molar-refractivity contribution in [2.75, 3.05) is 5.33 Å². The molecule has 96 valence electrons. The predicted molar refractivity (Wildman–Crippen MR) is 74.7 cm³/mol. The number of aromatic carboxylic acids is 1. The van der Waals surface area contributed by atoms with Crippen LogP contribution in [-0.4, -0.2) is 16.4 Å². The van der Waals surface area contributed by atoms with Gasteiger partial charge in [0.1, 0.15) is 11.1 Å². The molecule has 0 fully saturated rings. The summed E-state index contributed by atoms with van der Waals surface area (Å²) in [4.78, 5) is 22.3. The Morgan fingerprint density at radius 2 is 2.16 bits per heavy atom. The van der Waals surface area contributed by atoms with Gasteiger partial charge >= 0.3 is 11.6 Å². The zero-order chi connectivity index (χ0) is 13.8. The summed E-state index contributed by atoms with van der Waals surface area (Å²) in [5.74, 6) is 4.61. The van der Waals surface area contributed by atoms with Crippen LogP contribution >= 0.6 is 15.9 Å². The van der Waals surface area contributed by atoms with Crippen molar-refractivity contribution in [2.45, 2.75) is 6.42 Å². The first-order chi connectivity index (χ1) is 9.11. The standard InChI is InChI=1S/C14H9BrO4/c15-6-2-1-3-9-4-5-12-10(7-9)8-11(13(16)17)14(18)19-12/h4-5,7-8H,2,6H2,(H,16,17). The largest absolute Gasteiger partial charge is 0.477 e. The lowest BCUT2D eigenvalue weighted by Crippen LogP contribution is -2.12. The van der Waals surface area contributed by atoms with Crippen LogP contribution in [0.2, 0.25) is 0 Å². The average Bonchev–Trinajstić information content (AvgIpc) is 2.38. The van der Waals surface area contributed by atoms with Crippen molar-refractivity contribution in [1.29, 1.82) is 0 Å². The summed E-state index contributed by atoms with van der Waals surface area (Å²) in [6.45, 7) is 0. The van der Waals surface area contributed by atoms with E-state index in [4.69, 9.17) is 9.52 Å². The third-order valence-electron chi connectivity index (χ3n) is 2.41. The molecule has 0 unspecified atom stereocenters. The minimum Gasteiger partial charge on any atom is -0.477 e. The van der Waals surface area contributed by atoms with Gasteiger partial charge in [0.2, 0.25) is 0 Å². The van der Waals surface area contributed by atoms with Gasteiger partial charge < -0.3 is 9.52 Å². The molecule has 0 saturated heterocycles. The molecule has 0 aliphatic carbocycles. The maximum Gasteiger partial charge on any atom is 0.351 e. The highest BCUT2D eigenvalue weighted by Gasteiger charge is 2.11. The first kappa shape index (κ1) is 13.4. The Hall–Kier alpha value is -2.06. The SMILES string of the molecule is O=C(O)c1cc2cc(C#CCCBr)ccc2oc1=O. The first-order valence-electron chi connectivity index (χ1n) is 5.48. The molecule has 2 aromatic rings. The minimum atomic E-state index is -1.30. The van der Waals surface area contributed by atoms with E-state index < -0.39 is 11.6 Å². The fraction of sp³-hybridized carbons (Fsp3) is 0.143. The van der Waals surface area contributed by atoms with Gasteiger partial charge in [-0.1, -0.05) is 27.8 Å². The van der Waals surface area contributed by atoms with E-state index in [0.29, 0.717) is 11.0 Å². The average molecular weight is 321 g/mol. The number of hydrogen-bond acceptors (Lipinski definition) is 3. The summed E-state index contributed by atoms with van der Waals surface area (Å²) in [7, 11) is 0. The number of halogens is 1. The van der Waals surface area contributed by atoms with Crippen molar-refractivity contribution in [1.82, 2.24) is 0 Å². The van der Waals surface area contributed by atoms with E-state index in [1.807, 2.05) is 0 Å². The van der Waals surface area contributed by atoms with Gasteiger partial charge in [-0.2, -0.15) is 0 Å². The molecule has 19 heavy (non-hydrogen) atoms.